The van der Waals surface area contributed by atoms with Crippen molar-refractivity contribution in [2.45, 2.75) is 19.3 Å². The summed E-state index contributed by atoms with van der Waals surface area (Å²) in [5, 5.41) is 3.61. The lowest BCUT2D eigenvalue weighted by atomic mass is 9.81. The Hall–Kier alpha value is -6.36. The summed E-state index contributed by atoms with van der Waals surface area (Å²) in [5.74, 6) is 0.677. The molecular formula is C49H32N2OS. The minimum Gasteiger partial charge on any atom is -0.453 e. The smallest absolute Gasteiger partial charge is 0.172 e. The van der Waals surface area contributed by atoms with Gasteiger partial charge in [0.05, 0.1) is 6.20 Å². The number of aromatic nitrogens is 2. The van der Waals surface area contributed by atoms with Crippen LogP contribution < -0.4 is 0 Å². The van der Waals surface area contributed by atoms with Gasteiger partial charge in [-0.3, -0.25) is 0 Å². The summed E-state index contributed by atoms with van der Waals surface area (Å²) in [6.45, 7) is 4.65. The first-order valence-corrected chi connectivity index (χ1v) is 18.9. The third-order valence-electron chi connectivity index (χ3n) is 11.2. The highest BCUT2D eigenvalue weighted by atomic mass is 32.1. The van der Waals surface area contributed by atoms with Gasteiger partial charge in [-0.05, 0) is 92.0 Å². The number of rotatable bonds is 4. The second kappa shape index (κ2) is 11.3. The van der Waals surface area contributed by atoms with E-state index in [2.05, 4.69) is 166 Å². The normalized spacial score (nSPS) is 13.2. The van der Waals surface area contributed by atoms with Crippen molar-refractivity contribution in [3.63, 3.8) is 0 Å². The van der Waals surface area contributed by atoms with Crippen molar-refractivity contribution < 1.29 is 4.42 Å². The van der Waals surface area contributed by atoms with Gasteiger partial charge >= 0.3 is 0 Å². The minimum atomic E-state index is -0.0560. The average molecular weight is 697 g/mol. The van der Waals surface area contributed by atoms with Gasteiger partial charge in [0.15, 0.2) is 11.4 Å². The predicted molar refractivity (Wildman–Crippen MR) is 222 cm³/mol. The molecular weight excluding hydrogens is 665 g/mol. The highest BCUT2D eigenvalue weighted by molar-refractivity contribution is 7.26. The molecule has 0 amide bonds. The molecule has 0 atom stereocenters. The van der Waals surface area contributed by atoms with Crippen molar-refractivity contribution in [2.24, 2.45) is 0 Å². The van der Waals surface area contributed by atoms with Gasteiger partial charge in [-0.15, -0.1) is 11.3 Å². The van der Waals surface area contributed by atoms with Crippen molar-refractivity contribution in [1.29, 1.82) is 0 Å². The molecule has 53 heavy (non-hydrogen) atoms. The molecule has 0 spiro atoms. The first-order chi connectivity index (χ1) is 26.0. The van der Waals surface area contributed by atoms with Crippen molar-refractivity contribution >= 4 is 53.6 Å². The number of hydrogen-bond acceptors (Lipinski definition) is 4. The SMILES string of the molecule is CC1(C)c2ccccc2-c2ccc(-c3ccc4oc5cnc(-c6cccc(-c7cccc(-c8cccc9c8sc8ccccc89)c7)c6)nc5c4c3)cc21. The first kappa shape index (κ1) is 30.3. The Morgan fingerprint density at radius 3 is 2.06 bits per heavy atom. The van der Waals surface area contributed by atoms with Crippen molar-refractivity contribution in [1.82, 2.24) is 9.97 Å². The summed E-state index contributed by atoms with van der Waals surface area (Å²) in [4.78, 5) is 9.91. The zero-order chi connectivity index (χ0) is 35.3. The van der Waals surface area contributed by atoms with Crippen LogP contribution in [0.25, 0.3) is 98.1 Å². The molecule has 0 bridgehead atoms. The average Bonchev–Trinajstić information content (AvgIpc) is 3.85. The topological polar surface area (TPSA) is 38.9 Å². The fraction of sp³-hybridized carbons (Fsp3) is 0.0612. The number of furan rings is 1. The van der Waals surface area contributed by atoms with Crippen LogP contribution in [-0.2, 0) is 5.41 Å². The van der Waals surface area contributed by atoms with Crippen LogP contribution in [-0.4, -0.2) is 9.97 Å². The zero-order valence-electron chi connectivity index (χ0n) is 29.2. The lowest BCUT2D eigenvalue weighted by Crippen LogP contribution is -2.14. The van der Waals surface area contributed by atoms with E-state index in [-0.39, 0.29) is 5.41 Å². The Morgan fingerprint density at radius 1 is 0.491 bits per heavy atom. The molecule has 250 valence electrons. The highest BCUT2D eigenvalue weighted by Crippen LogP contribution is 2.50. The van der Waals surface area contributed by atoms with E-state index >= 15 is 0 Å². The Kier molecular flexibility index (Phi) is 6.47. The number of nitrogens with zero attached hydrogens (tertiary/aromatic N) is 2. The van der Waals surface area contributed by atoms with Crippen molar-refractivity contribution in [3.05, 3.63) is 169 Å². The minimum absolute atomic E-state index is 0.0560. The Bertz CT molecular complexity index is 3110. The molecule has 1 aliphatic rings. The van der Waals surface area contributed by atoms with Gasteiger partial charge in [0, 0.05) is 36.5 Å². The van der Waals surface area contributed by atoms with Crippen LogP contribution in [0.15, 0.2) is 162 Å². The lowest BCUT2D eigenvalue weighted by Gasteiger charge is -2.22. The Labute approximate surface area is 310 Å². The number of benzene rings is 7. The maximum absolute atomic E-state index is 6.26. The number of hydrogen-bond donors (Lipinski definition) is 0. The van der Waals surface area contributed by atoms with E-state index in [1.807, 2.05) is 17.5 Å². The van der Waals surface area contributed by atoms with Crippen LogP contribution in [0.1, 0.15) is 25.0 Å². The van der Waals surface area contributed by atoms with E-state index in [0.717, 1.165) is 38.7 Å². The summed E-state index contributed by atoms with van der Waals surface area (Å²) in [7, 11) is 0. The largest absolute Gasteiger partial charge is 0.453 e. The third kappa shape index (κ3) is 4.66. The Morgan fingerprint density at radius 2 is 1.15 bits per heavy atom. The first-order valence-electron chi connectivity index (χ1n) is 18.1. The molecule has 0 N–H and O–H groups in total. The van der Waals surface area contributed by atoms with Gasteiger partial charge in [-0.25, -0.2) is 9.97 Å². The predicted octanol–water partition coefficient (Wildman–Crippen LogP) is 13.7. The molecule has 11 rings (SSSR count). The van der Waals surface area contributed by atoms with E-state index in [0.29, 0.717) is 11.4 Å². The molecule has 0 fully saturated rings. The summed E-state index contributed by atoms with van der Waals surface area (Å²) < 4.78 is 8.89. The molecule has 4 heteroatoms. The maximum atomic E-state index is 6.26. The molecule has 3 aromatic heterocycles. The van der Waals surface area contributed by atoms with Crippen molar-refractivity contribution in [2.75, 3.05) is 0 Å². The molecule has 10 aromatic rings. The van der Waals surface area contributed by atoms with Gasteiger partial charge in [0.2, 0.25) is 0 Å². The zero-order valence-corrected chi connectivity index (χ0v) is 30.0. The fourth-order valence-corrected chi connectivity index (χ4v) is 9.68. The molecule has 0 saturated carbocycles. The summed E-state index contributed by atoms with van der Waals surface area (Å²) in [6.07, 6.45) is 1.81. The molecule has 0 radical (unpaired) electrons. The molecule has 0 unspecified atom stereocenters. The van der Waals surface area contributed by atoms with Gasteiger partial charge in [-0.1, -0.05) is 129 Å². The molecule has 0 saturated heterocycles. The third-order valence-corrected chi connectivity index (χ3v) is 12.4. The van der Waals surface area contributed by atoms with E-state index in [1.54, 1.807) is 0 Å². The van der Waals surface area contributed by atoms with E-state index < -0.39 is 0 Å². The van der Waals surface area contributed by atoms with Crippen LogP contribution in [0.4, 0.5) is 0 Å². The Balaban J connectivity index is 0.961. The summed E-state index contributed by atoms with van der Waals surface area (Å²) in [6, 6.07) is 54.8. The molecule has 3 heterocycles. The second-order valence-corrected chi connectivity index (χ2v) is 15.6. The van der Waals surface area contributed by atoms with E-state index in [9.17, 15) is 0 Å². The van der Waals surface area contributed by atoms with E-state index in [4.69, 9.17) is 14.4 Å². The quantitative estimate of drug-likeness (QED) is 0.184. The van der Waals surface area contributed by atoms with Crippen LogP contribution in [0.5, 0.6) is 0 Å². The van der Waals surface area contributed by atoms with Gasteiger partial charge in [-0.2, -0.15) is 0 Å². The summed E-state index contributed by atoms with van der Waals surface area (Å²) >= 11 is 1.86. The highest BCUT2D eigenvalue weighted by Gasteiger charge is 2.35. The number of thiophene rings is 1. The van der Waals surface area contributed by atoms with Gasteiger partial charge in [0.1, 0.15) is 11.1 Å². The maximum Gasteiger partial charge on any atom is 0.172 e. The van der Waals surface area contributed by atoms with Gasteiger partial charge in [0.25, 0.3) is 0 Å². The second-order valence-electron chi connectivity index (χ2n) is 14.6. The fourth-order valence-electron chi connectivity index (χ4n) is 8.44. The van der Waals surface area contributed by atoms with Crippen LogP contribution in [0.2, 0.25) is 0 Å². The number of fused-ring (bicyclic) bond motifs is 9. The van der Waals surface area contributed by atoms with Crippen LogP contribution in [0, 0.1) is 0 Å². The van der Waals surface area contributed by atoms with Crippen molar-refractivity contribution in [3.8, 4) is 55.9 Å². The van der Waals surface area contributed by atoms with Gasteiger partial charge < -0.3 is 4.42 Å². The standard InChI is InChI=1S/C49H32N2OS/c1-49(2)41-18-5-3-14-36(41)37-22-20-32(27-42(37)49)31-21-23-43-40(26-31)46-44(52-43)28-50-48(51-46)34-13-8-11-30(25-34)29-10-7-12-33(24-29)35-16-9-17-39-38-15-4-6-19-45(38)53-47(35)39/h3-28H,1-2H3. The molecule has 7 aromatic carbocycles. The molecule has 3 nitrogen and oxygen atoms in total. The lowest BCUT2D eigenvalue weighted by molar-refractivity contribution is 0.660. The summed E-state index contributed by atoms with van der Waals surface area (Å²) in [5.41, 5.74) is 15.7. The van der Waals surface area contributed by atoms with Crippen LogP contribution >= 0.6 is 11.3 Å². The van der Waals surface area contributed by atoms with Crippen LogP contribution in [0.3, 0.4) is 0 Å². The monoisotopic (exact) mass is 696 g/mol. The molecule has 0 aliphatic heterocycles. The van der Waals surface area contributed by atoms with E-state index in [1.165, 1.54) is 59.1 Å². The molecule has 1 aliphatic carbocycles.